The van der Waals surface area contributed by atoms with E-state index in [9.17, 15) is 0 Å². The molecule has 0 bridgehead atoms. The van der Waals surface area contributed by atoms with Gasteiger partial charge in [-0.2, -0.15) is 5.10 Å². The van der Waals surface area contributed by atoms with Crippen LogP contribution >= 0.6 is 11.8 Å². The van der Waals surface area contributed by atoms with E-state index in [-0.39, 0.29) is 0 Å². The summed E-state index contributed by atoms with van der Waals surface area (Å²) in [7, 11) is 0. The second kappa shape index (κ2) is 4.00. The number of benzene rings is 1. The van der Waals surface area contributed by atoms with E-state index >= 15 is 0 Å². The van der Waals surface area contributed by atoms with Gasteiger partial charge in [-0.1, -0.05) is 30.0 Å². The summed E-state index contributed by atoms with van der Waals surface area (Å²) in [6, 6.07) is 10.1. The highest BCUT2D eigenvalue weighted by atomic mass is 32.2. The van der Waals surface area contributed by atoms with Crippen LogP contribution in [0, 0.1) is 0 Å². The third-order valence-corrected chi connectivity index (χ3v) is 2.36. The van der Waals surface area contributed by atoms with Crippen LogP contribution in [0.2, 0.25) is 0 Å². The minimum atomic E-state index is 0.862. The van der Waals surface area contributed by atoms with E-state index in [0.717, 1.165) is 9.92 Å². The molecule has 64 valence electrons. The van der Waals surface area contributed by atoms with Gasteiger partial charge in [0.05, 0.1) is 6.20 Å². The third kappa shape index (κ3) is 2.26. The average Bonchev–Trinajstić information content (AvgIpc) is 2.21. The van der Waals surface area contributed by atoms with Gasteiger partial charge in [0.25, 0.3) is 0 Å². The van der Waals surface area contributed by atoms with Crippen molar-refractivity contribution in [2.45, 2.75) is 9.92 Å². The van der Waals surface area contributed by atoms with Gasteiger partial charge in [0.2, 0.25) is 0 Å². The predicted molar refractivity (Wildman–Crippen MR) is 50.4 cm³/mol. The van der Waals surface area contributed by atoms with Crippen molar-refractivity contribution in [3.05, 3.63) is 42.9 Å². The summed E-state index contributed by atoms with van der Waals surface area (Å²) in [5.41, 5.74) is 0. The quantitative estimate of drug-likeness (QED) is 0.724. The highest BCUT2D eigenvalue weighted by molar-refractivity contribution is 7.99. The molecule has 0 aliphatic heterocycles. The lowest BCUT2D eigenvalue weighted by atomic mass is 10.4. The number of hydrogen-bond donors (Lipinski definition) is 0. The van der Waals surface area contributed by atoms with Gasteiger partial charge in [-0.05, 0) is 12.1 Å². The first-order valence-electron chi connectivity index (χ1n) is 3.81. The molecule has 2 rings (SSSR count). The molecular weight excluding hydrogens is 182 g/mol. The Bertz CT molecular complexity index is 326. The number of hydrogen-bond acceptors (Lipinski definition) is 4. The lowest BCUT2D eigenvalue weighted by Crippen LogP contribution is -1.84. The zero-order valence-electron chi connectivity index (χ0n) is 6.79. The smallest absolute Gasteiger partial charge is 0.139 e. The van der Waals surface area contributed by atoms with E-state index < -0.39 is 0 Å². The van der Waals surface area contributed by atoms with E-state index in [2.05, 4.69) is 15.2 Å². The largest absolute Gasteiger partial charge is 0.226 e. The third-order valence-electron chi connectivity index (χ3n) is 1.44. The molecule has 1 heterocycles. The van der Waals surface area contributed by atoms with Gasteiger partial charge in [-0.25, -0.2) is 4.98 Å². The molecule has 0 saturated heterocycles. The topological polar surface area (TPSA) is 38.7 Å². The number of rotatable bonds is 2. The van der Waals surface area contributed by atoms with Crippen molar-refractivity contribution in [3.63, 3.8) is 0 Å². The van der Waals surface area contributed by atoms with Crippen molar-refractivity contribution in [3.8, 4) is 0 Å². The predicted octanol–water partition coefficient (Wildman–Crippen LogP) is 2.02. The molecule has 0 unspecified atom stereocenters. The van der Waals surface area contributed by atoms with Crippen LogP contribution in [0.25, 0.3) is 0 Å². The Kier molecular flexibility index (Phi) is 2.52. The molecule has 0 atom stereocenters. The Morgan fingerprint density at radius 1 is 1.00 bits per heavy atom. The zero-order chi connectivity index (χ0) is 8.93. The van der Waals surface area contributed by atoms with E-state index in [1.54, 1.807) is 18.0 Å². The molecule has 1 aromatic heterocycles. The highest BCUT2D eigenvalue weighted by Gasteiger charge is 1.96. The number of aromatic nitrogens is 3. The average molecular weight is 189 g/mol. The summed E-state index contributed by atoms with van der Waals surface area (Å²) in [6.45, 7) is 0. The van der Waals surface area contributed by atoms with Gasteiger partial charge < -0.3 is 0 Å². The SMILES string of the molecule is c1ccc(Sc2cnncn2)cc1. The second-order valence-electron chi connectivity index (χ2n) is 2.36. The lowest BCUT2D eigenvalue weighted by molar-refractivity contribution is 0.902. The molecule has 13 heavy (non-hydrogen) atoms. The maximum Gasteiger partial charge on any atom is 0.139 e. The van der Waals surface area contributed by atoms with Crippen molar-refractivity contribution in [2.75, 3.05) is 0 Å². The first-order valence-corrected chi connectivity index (χ1v) is 4.62. The Morgan fingerprint density at radius 2 is 1.85 bits per heavy atom. The number of nitrogens with zero attached hydrogens (tertiary/aromatic N) is 3. The molecule has 4 heteroatoms. The van der Waals surface area contributed by atoms with Gasteiger partial charge in [-0.15, -0.1) is 5.10 Å². The zero-order valence-corrected chi connectivity index (χ0v) is 7.61. The van der Waals surface area contributed by atoms with Crippen molar-refractivity contribution in [1.29, 1.82) is 0 Å². The van der Waals surface area contributed by atoms with E-state index in [1.165, 1.54) is 6.33 Å². The van der Waals surface area contributed by atoms with Gasteiger partial charge >= 0.3 is 0 Å². The van der Waals surface area contributed by atoms with Gasteiger partial charge in [-0.3, -0.25) is 0 Å². The molecule has 0 amide bonds. The molecule has 0 spiro atoms. The molecule has 0 aliphatic carbocycles. The van der Waals surface area contributed by atoms with Crippen molar-refractivity contribution in [1.82, 2.24) is 15.2 Å². The summed E-state index contributed by atoms with van der Waals surface area (Å²) in [5.74, 6) is 0. The summed E-state index contributed by atoms with van der Waals surface area (Å²) >= 11 is 1.57. The summed E-state index contributed by atoms with van der Waals surface area (Å²) in [5, 5.41) is 8.22. The summed E-state index contributed by atoms with van der Waals surface area (Å²) in [6.07, 6.45) is 3.10. The van der Waals surface area contributed by atoms with Crippen molar-refractivity contribution < 1.29 is 0 Å². The van der Waals surface area contributed by atoms with Crippen LogP contribution < -0.4 is 0 Å². The minimum Gasteiger partial charge on any atom is -0.226 e. The molecule has 2 aromatic rings. The minimum absolute atomic E-state index is 0.862. The van der Waals surface area contributed by atoms with Gasteiger partial charge in [0.15, 0.2) is 0 Å². The van der Waals surface area contributed by atoms with Crippen LogP contribution in [0.15, 0.2) is 52.8 Å². The fraction of sp³-hybridized carbons (Fsp3) is 0. The van der Waals surface area contributed by atoms with Crippen molar-refractivity contribution >= 4 is 11.8 Å². The van der Waals surface area contributed by atoms with E-state index in [1.807, 2.05) is 30.3 Å². The maximum absolute atomic E-state index is 4.06. The van der Waals surface area contributed by atoms with Crippen LogP contribution in [-0.2, 0) is 0 Å². The van der Waals surface area contributed by atoms with E-state index in [0.29, 0.717) is 0 Å². The van der Waals surface area contributed by atoms with Gasteiger partial charge in [0.1, 0.15) is 11.4 Å². The van der Waals surface area contributed by atoms with Gasteiger partial charge in [0, 0.05) is 4.90 Å². The molecule has 0 aliphatic rings. The Labute approximate surface area is 80.2 Å². The molecule has 0 radical (unpaired) electrons. The Balaban J connectivity index is 2.16. The first-order chi connectivity index (χ1) is 6.45. The second-order valence-corrected chi connectivity index (χ2v) is 3.45. The van der Waals surface area contributed by atoms with Crippen LogP contribution in [0.5, 0.6) is 0 Å². The molecular formula is C9H7N3S. The monoisotopic (exact) mass is 189 g/mol. The summed E-state index contributed by atoms with van der Waals surface area (Å²) < 4.78 is 0. The fourth-order valence-corrected chi connectivity index (χ4v) is 1.62. The van der Waals surface area contributed by atoms with Crippen LogP contribution in [-0.4, -0.2) is 15.2 Å². The normalized spacial score (nSPS) is 9.85. The molecule has 1 aromatic carbocycles. The fourth-order valence-electron chi connectivity index (χ4n) is 0.891. The molecule has 0 saturated carbocycles. The van der Waals surface area contributed by atoms with Crippen molar-refractivity contribution in [2.24, 2.45) is 0 Å². The van der Waals surface area contributed by atoms with Crippen LogP contribution in [0.3, 0.4) is 0 Å². The summed E-state index contributed by atoms with van der Waals surface area (Å²) in [4.78, 5) is 5.22. The molecule has 0 fully saturated rings. The van der Waals surface area contributed by atoms with Crippen LogP contribution in [0.4, 0.5) is 0 Å². The Hall–Kier alpha value is -1.42. The molecule has 0 N–H and O–H groups in total. The standard InChI is InChI=1S/C9H7N3S/c1-2-4-8(5-3-1)13-9-6-11-12-7-10-9/h1-7H. The maximum atomic E-state index is 4.06. The lowest BCUT2D eigenvalue weighted by Gasteiger charge is -1.97. The van der Waals surface area contributed by atoms with Crippen LogP contribution in [0.1, 0.15) is 0 Å². The Morgan fingerprint density at radius 3 is 2.54 bits per heavy atom. The van der Waals surface area contributed by atoms with E-state index in [4.69, 9.17) is 0 Å². The molecule has 3 nitrogen and oxygen atoms in total. The first kappa shape index (κ1) is 8.19. The highest BCUT2D eigenvalue weighted by Crippen LogP contribution is 2.23.